The van der Waals surface area contributed by atoms with Crippen LogP contribution in [0.3, 0.4) is 0 Å². The second-order valence-electron chi connectivity index (χ2n) is 7.39. The highest BCUT2D eigenvalue weighted by Gasteiger charge is 2.19. The van der Waals surface area contributed by atoms with Gasteiger partial charge < -0.3 is 14.3 Å². The lowest BCUT2D eigenvalue weighted by molar-refractivity contribution is 0.244. The summed E-state index contributed by atoms with van der Waals surface area (Å²) in [7, 11) is 0. The molecule has 1 aliphatic heterocycles. The quantitative estimate of drug-likeness (QED) is 0.596. The molecule has 0 radical (unpaired) electrons. The predicted molar refractivity (Wildman–Crippen MR) is 111 cm³/mol. The highest BCUT2D eigenvalue weighted by Crippen LogP contribution is 2.26. The van der Waals surface area contributed by atoms with Gasteiger partial charge in [-0.1, -0.05) is 29.8 Å². The van der Waals surface area contributed by atoms with E-state index in [-0.39, 0.29) is 5.56 Å². The van der Waals surface area contributed by atoms with Gasteiger partial charge in [-0.15, -0.1) is 0 Å². The lowest BCUT2D eigenvalue weighted by atomic mass is 10.2. The molecule has 1 aliphatic rings. The van der Waals surface area contributed by atoms with Gasteiger partial charge in [-0.3, -0.25) is 9.69 Å². The molecule has 0 bridgehead atoms. The molecule has 0 spiro atoms. The predicted octanol–water partition coefficient (Wildman–Crippen LogP) is 3.30. The molecule has 0 saturated carbocycles. The van der Waals surface area contributed by atoms with E-state index >= 15 is 0 Å². The van der Waals surface area contributed by atoms with Crippen LogP contribution in [0.15, 0.2) is 57.7 Å². The van der Waals surface area contributed by atoms with Crippen LogP contribution in [0.4, 0.5) is 5.69 Å². The fourth-order valence-electron chi connectivity index (χ4n) is 3.90. The lowest BCUT2D eigenvalue weighted by Gasteiger charge is -2.35. The number of furan rings is 1. The van der Waals surface area contributed by atoms with Crippen LogP contribution in [0.2, 0.25) is 0 Å². The molecular formula is C22H22N4O2. The molecule has 1 saturated heterocycles. The Kier molecular flexibility index (Phi) is 4.13. The summed E-state index contributed by atoms with van der Waals surface area (Å²) in [6.07, 6.45) is 0. The number of hydrogen-bond acceptors (Lipinski definition) is 5. The van der Waals surface area contributed by atoms with Gasteiger partial charge >= 0.3 is 0 Å². The van der Waals surface area contributed by atoms with Gasteiger partial charge in [0.15, 0.2) is 0 Å². The Bertz CT molecular complexity index is 1190. The van der Waals surface area contributed by atoms with Gasteiger partial charge in [-0.05, 0) is 31.2 Å². The van der Waals surface area contributed by atoms with E-state index < -0.39 is 0 Å². The van der Waals surface area contributed by atoms with Crippen molar-refractivity contribution in [1.29, 1.82) is 0 Å². The number of piperazine rings is 1. The average molecular weight is 374 g/mol. The molecule has 1 fully saturated rings. The summed E-state index contributed by atoms with van der Waals surface area (Å²) in [6.45, 7) is 6.45. The molecule has 0 amide bonds. The average Bonchev–Trinajstić information content (AvgIpc) is 3.08. The van der Waals surface area contributed by atoms with Gasteiger partial charge in [0.25, 0.3) is 5.56 Å². The summed E-state index contributed by atoms with van der Waals surface area (Å²) >= 11 is 0. The van der Waals surface area contributed by atoms with E-state index in [4.69, 9.17) is 9.40 Å². The van der Waals surface area contributed by atoms with Gasteiger partial charge in [0.1, 0.15) is 16.9 Å². The summed E-state index contributed by atoms with van der Waals surface area (Å²) in [4.78, 5) is 24.9. The van der Waals surface area contributed by atoms with Gasteiger partial charge in [0, 0.05) is 37.3 Å². The zero-order chi connectivity index (χ0) is 19.1. The van der Waals surface area contributed by atoms with Crippen LogP contribution in [0.25, 0.3) is 22.1 Å². The zero-order valence-corrected chi connectivity index (χ0v) is 15.8. The molecule has 6 nitrogen and oxygen atoms in total. The van der Waals surface area contributed by atoms with Crippen molar-refractivity contribution < 1.29 is 4.42 Å². The van der Waals surface area contributed by atoms with E-state index in [9.17, 15) is 4.79 Å². The normalized spacial score (nSPS) is 15.5. The van der Waals surface area contributed by atoms with Crippen LogP contribution in [0.1, 0.15) is 11.4 Å². The number of aryl methyl sites for hydroxylation is 1. The second kappa shape index (κ2) is 6.80. The van der Waals surface area contributed by atoms with Crippen LogP contribution < -0.4 is 10.5 Å². The van der Waals surface area contributed by atoms with Crippen molar-refractivity contribution >= 4 is 27.8 Å². The number of aromatic nitrogens is 2. The molecule has 0 aliphatic carbocycles. The molecule has 2 aromatic heterocycles. The van der Waals surface area contributed by atoms with Crippen LogP contribution in [0.5, 0.6) is 0 Å². The van der Waals surface area contributed by atoms with Gasteiger partial charge in [0.2, 0.25) is 5.58 Å². The lowest BCUT2D eigenvalue weighted by Crippen LogP contribution is -2.46. The molecule has 0 unspecified atom stereocenters. The maximum absolute atomic E-state index is 12.5. The number of aromatic amines is 1. The van der Waals surface area contributed by atoms with Crippen molar-refractivity contribution in [2.75, 3.05) is 31.1 Å². The third kappa shape index (κ3) is 3.05. The molecule has 3 heterocycles. The van der Waals surface area contributed by atoms with Crippen LogP contribution in [0, 0.1) is 6.92 Å². The van der Waals surface area contributed by atoms with Crippen molar-refractivity contribution in [2.24, 2.45) is 0 Å². The third-order valence-corrected chi connectivity index (χ3v) is 5.40. The molecule has 28 heavy (non-hydrogen) atoms. The minimum Gasteiger partial charge on any atom is -0.449 e. The number of nitrogens with zero attached hydrogens (tertiary/aromatic N) is 3. The first-order chi connectivity index (χ1) is 13.7. The molecule has 4 aromatic rings. The summed E-state index contributed by atoms with van der Waals surface area (Å²) in [6, 6.07) is 16.4. The maximum atomic E-state index is 12.5. The van der Waals surface area contributed by atoms with E-state index in [0.717, 1.165) is 37.1 Å². The monoisotopic (exact) mass is 374 g/mol. The van der Waals surface area contributed by atoms with Crippen molar-refractivity contribution in [2.45, 2.75) is 13.5 Å². The number of fused-ring (bicyclic) bond motifs is 3. The van der Waals surface area contributed by atoms with E-state index in [1.807, 2.05) is 31.2 Å². The van der Waals surface area contributed by atoms with Gasteiger partial charge in [0.05, 0.1) is 6.54 Å². The maximum Gasteiger partial charge on any atom is 0.294 e. The summed E-state index contributed by atoms with van der Waals surface area (Å²) in [5.74, 6) is 0.690. The van der Waals surface area contributed by atoms with Crippen LogP contribution >= 0.6 is 0 Å². The van der Waals surface area contributed by atoms with Crippen molar-refractivity contribution in [3.63, 3.8) is 0 Å². The number of hydrogen-bond donors (Lipinski definition) is 1. The van der Waals surface area contributed by atoms with Crippen molar-refractivity contribution in [3.05, 3.63) is 70.3 Å². The van der Waals surface area contributed by atoms with Crippen LogP contribution in [-0.4, -0.2) is 41.0 Å². The van der Waals surface area contributed by atoms with E-state index in [1.165, 1.54) is 5.69 Å². The topological polar surface area (TPSA) is 65.4 Å². The highest BCUT2D eigenvalue weighted by atomic mass is 16.3. The number of anilines is 1. The Hall–Kier alpha value is -3.12. The van der Waals surface area contributed by atoms with Crippen molar-refractivity contribution in [1.82, 2.24) is 14.9 Å². The molecule has 6 heteroatoms. The van der Waals surface area contributed by atoms with E-state index in [2.05, 4.69) is 39.0 Å². The standard InChI is InChI=1S/C22H22N4O2/c1-15-7-8-18-17(13-15)20-21(28-18)22(27)24-19(23-20)14-25-9-11-26(12-10-25)16-5-3-2-4-6-16/h2-8,13H,9-12,14H2,1H3,(H,23,24,27). The number of H-pyrrole nitrogens is 1. The second-order valence-corrected chi connectivity index (χ2v) is 7.39. The summed E-state index contributed by atoms with van der Waals surface area (Å²) in [5, 5.41) is 0.899. The smallest absolute Gasteiger partial charge is 0.294 e. The molecular weight excluding hydrogens is 352 g/mol. The van der Waals surface area contributed by atoms with Gasteiger partial charge in [-0.25, -0.2) is 4.98 Å². The third-order valence-electron chi connectivity index (χ3n) is 5.40. The molecule has 2 aromatic carbocycles. The Morgan fingerprint density at radius 3 is 2.64 bits per heavy atom. The first kappa shape index (κ1) is 17.0. The Morgan fingerprint density at radius 1 is 1.07 bits per heavy atom. The van der Waals surface area contributed by atoms with Gasteiger partial charge in [-0.2, -0.15) is 0 Å². The first-order valence-electron chi connectivity index (χ1n) is 9.62. The number of nitrogens with one attached hydrogen (secondary N) is 1. The van der Waals surface area contributed by atoms with E-state index in [0.29, 0.717) is 29.1 Å². The number of benzene rings is 2. The SMILES string of the molecule is Cc1ccc2oc3c(=O)[nH]c(CN4CCN(c5ccccc5)CC4)nc3c2c1. The molecule has 1 N–H and O–H groups in total. The number of rotatable bonds is 3. The molecule has 0 atom stereocenters. The Balaban J connectivity index is 1.38. The highest BCUT2D eigenvalue weighted by molar-refractivity contribution is 6.02. The summed E-state index contributed by atoms with van der Waals surface area (Å²) < 4.78 is 5.72. The molecule has 142 valence electrons. The molecule has 5 rings (SSSR count). The summed E-state index contributed by atoms with van der Waals surface area (Å²) in [5.41, 5.74) is 3.83. The Morgan fingerprint density at radius 2 is 1.86 bits per heavy atom. The first-order valence-corrected chi connectivity index (χ1v) is 9.62. The number of para-hydroxylation sites is 1. The Labute approximate surface area is 162 Å². The minimum atomic E-state index is -0.211. The van der Waals surface area contributed by atoms with Crippen LogP contribution in [-0.2, 0) is 6.54 Å². The van der Waals surface area contributed by atoms with E-state index in [1.54, 1.807) is 0 Å². The fraction of sp³-hybridized carbons (Fsp3) is 0.273. The van der Waals surface area contributed by atoms with Crippen molar-refractivity contribution in [3.8, 4) is 0 Å². The fourth-order valence-corrected chi connectivity index (χ4v) is 3.90. The largest absolute Gasteiger partial charge is 0.449 e. The zero-order valence-electron chi connectivity index (χ0n) is 15.8. The minimum absolute atomic E-state index is 0.211.